The Kier molecular flexibility index (Phi) is 5.75. The predicted octanol–water partition coefficient (Wildman–Crippen LogP) is 1.57. The Hall–Kier alpha value is -2.61. The van der Waals surface area contributed by atoms with Gasteiger partial charge in [0.2, 0.25) is 0 Å². The topological polar surface area (TPSA) is 111 Å². The minimum Gasteiger partial charge on any atom is -0.496 e. The number of nitro benzene ring substituents is 1. The summed E-state index contributed by atoms with van der Waals surface area (Å²) >= 11 is 0. The third-order valence-corrected chi connectivity index (χ3v) is 4.15. The molecule has 1 aliphatic heterocycles. The van der Waals surface area contributed by atoms with Crippen molar-refractivity contribution in [1.29, 1.82) is 0 Å². The van der Waals surface area contributed by atoms with Crippen LogP contribution in [0.1, 0.15) is 23.2 Å². The SMILES string of the molecule is C=CCN1CCCC1CNC(=O)c1cc([N+](=O)[O-])c(N)cc1OC. The van der Waals surface area contributed by atoms with Crippen molar-refractivity contribution in [1.82, 2.24) is 10.2 Å². The van der Waals surface area contributed by atoms with Crippen LogP contribution in [0.2, 0.25) is 0 Å². The fourth-order valence-corrected chi connectivity index (χ4v) is 2.93. The monoisotopic (exact) mass is 334 g/mol. The zero-order valence-electron chi connectivity index (χ0n) is 13.7. The van der Waals surface area contributed by atoms with E-state index in [1.807, 2.05) is 6.08 Å². The van der Waals surface area contributed by atoms with E-state index in [4.69, 9.17) is 10.5 Å². The number of nitrogen functional groups attached to an aromatic ring is 1. The lowest BCUT2D eigenvalue weighted by Crippen LogP contribution is -2.40. The standard InChI is InChI=1S/C16H22N4O4/c1-3-6-19-7-4-5-11(19)10-18-16(21)12-8-14(20(22)23)13(17)9-15(12)24-2/h3,8-9,11H,1,4-7,10,17H2,2H3,(H,18,21). The fraction of sp³-hybridized carbons (Fsp3) is 0.438. The van der Waals surface area contributed by atoms with Gasteiger partial charge in [0.15, 0.2) is 0 Å². The van der Waals surface area contributed by atoms with Gasteiger partial charge in [-0.15, -0.1) is 6.58 Å². The van der Waals surface area contributed by atoms with Crippen LogP contribution in [-0.2, 0) is 0 Å². The van der Waals surface area contributed by atoms with E-state index in [-0.39, 0.29) is 28.7 Å². The van der Waals surface area contributed by atoms with Gasteiger partial charge in [-0.2, -0.15) is 0 Å². The maximum absolute atomic E-state index is 12.4. The number of hydrogen-bond donors (Lipinski definition) is 2. The summed E-state index contributed by atoms with van der Waals surface area (Å²) in [6, 6.07) is 2.69. The summed E-state index contributed by atoms with van der Waals surface area (Å²) in [7, 11) is 1.39. The van der Waals surface area contributed by atoms with Crippen molar-refractivity contribution in [3.63, 3.8) is 0 Å². The van der Waals surface area contributed by atoms with Crippen molar-refractivity contribution < 1.29 is 14.5 Å². The molecule has 0 spiro atoms. The van der Waals surface area contributed by atoms with Gasteiger partial charge in [0.05, 0.1) is 17.6 Å². The first-order valence-electron chi connectivity index (χ1n) is 7.73. The van der Waals surface area contributed by atoms with Crippen molar-refractivity contribution in [2.45, 2.75) is 18.9 Å². The van der Waals surface area contributed by atoms with Crippen LogP contribution in [-0.4, -0.2) is 48.5 Å². The number of nitrogens with one attached hydrogen (secondary N) is 1. The molecule has 8 heteroatoms. The number of anilines is 1. The lowest BCUT2D eigenvalue weighted by Gasteiger charge is -2.23. The smallest absolute Gasteiger partial charge is 0.293 e. The van der Waals surface area contributed by atoms with Gasteiger partial charge in [-0.05, 0) is 19.4 Å². The highest BCUT2D eigenvalue weighted by molar-refractivity contribution is 5.98. The Labute approximate surface area is 140 Å². The summed E-state index contributed by atoms with van der Waals surface area (Å²) in [6.07, 6.45) is 3.91. The number of carbonyl (C=O) groups is 1. The first-order chi connectivity index (χ1) is 11.5. The molecule has 1 saturated heterocycles. The van der Waals surface area contributed by atoms with Crippen molar-refractivity contribution in [2.24, 2.45) is 0 Å². The molecule has 1 atom stereocenters. The molecule has 0 bridgehead atoms. The second kappa shape index (κ2) is 7.78. The average Bonchev–Trinajstić information content (AvgIpc) is 2.99. The van der Waals surface area contributed by atoms with E-state index in [0.717, 1.165) is 32.0 Å². The molecule has 3 N–H and O–H groups in total. The van der Waals surface area contributed by atoms with Crippen molar-refractivity contribution in [2.75, 3.05) is 32.5 Å². The number of nitrogens with zero attached hydrogens (tertiary/aromatic N) is 2. The molecule has 8 nitrogen and oxygen atoms in total. The number of amides is 1. The number of ether oxygens (including phenoxy) is 1. The van der Waals surface area contributed by atoms with Gasteiger partial charge in [0, 0.05) is 31.3 Å². The molecule has 1 unspecified atom stereocenters. The highest BCUT2D eigenvalue weighted by Crippen LogP contribution is 2.30. The maximum Gasteiger partial charge on any atom is 0.293 e. The van der Waals surface area contributed by atoms with E-state index in [1.54, 1.807) is 0 Å². The number of benzene rings is 1. The third-order valence-electron chi connectivity index (χ3n) is 4.15. The number of rotatable bonds is 7. The number of carbonyl (C=O) groups excluding carboxylic acids is 1. The van der Waals surface area contributed by atoms with Crippen LogP contribution in [0.4, 0.5) is 11.4 Å². The number of hydrogen-bond acceptors (Lipinski definition) is 6. The van der Waals surface area contributed by atoms with Gasteiger partial charge < -0.3 is 15.8 Å². The van der Waals surface area contributed by atoms with E-state index >= 15 is 0 Å². The van der Waals surface area contributed by atoms with Crippen LogP contribution in [0.15, 0.2) is 24.8 Å². The number of likely N-dealkylation sites (tertiary alicyclic amines) is 1. The van der Waals surface area contributed by atoms with Crippen LogP contribution in [0.3, 0.4) is 0 Å². The average molecular weight is 334 g/mol. The van der Waals surface area contributed by atoms with Crippen LogP contribution >= 0.6 is 0 Å². The fourth-order valence-electron chi connectivity index (χ4n) is 2.93. The molecule has 1 amide bonds. The largest absolute Gasteiger partial charge is 0.496 e. The van der Waals surface area contributed by atoms with Gasteiger partial charge >= 0.3 is 0 Å². The Balaban J connectivity index is 2.12. The summed E-state index contributed by atoms with van der Waals surface area (Å²) < 4.78 is 5.13. The van der Waals surface area contributed by atoms with E-state index < -0.39 is 10.8 Å². The Morgan fingerprint density at radius 1 is 1.62 bits per heavy atom. The summed E-state index contributed by atoms with van der Waals surface area (Å²) in [5, 5.41) is 13.8. The van der Waals surface area contributed by atoms with E-state index in [0.29, 0.717) is 6.54 Å². The molecular formula is C16H22N4O4. The molecule has 1 fully saturated rings. The van der Waals surface area contributed by atoms with Gasteiger partial charge in [0.1, 0.15) is 11.4 Å². The van der Waals surface area contributed by atoms with Crippen molar-refractivity contribution >= 4 is 17.3 Å². The van der Waals surface area contributed by atoms with Crippen molar-refractivity contribution in [3.8, 4) is 5.75 Å². The zero-order valence-corrected chi connectivity index (χ0v) is 13.7. The first-order valence-corrected chi connectivity index (χ1v) is 7.73. The molecule has 24 heavy (non-hydrogen) atoms. The maximum atomic E-state index is 12.4. The van der Waals surface area contributed by atoms with Crippen molar-refractivity contribution in [3.05, 3.63) is 40.5 Å². The summed E-state index contributed by atoms with van der Waals surface area (Å²) in [6.45, 7) is 5.95. The molecule has 130 valence electrons. The highest BCUT2D eigenvalue weighted by Gasteiger charge is 2.25. The van der Waals surface area contributed by atoms with Gasteiger partial charge in [0.25, 0.3) is 11.6 Å². The third kappa shape index (κ3) is 3.83. The molecule has 0 radical (unpaired) electrons. The number of methoxy groups -OCH3 is 1. The molecular weight excluding hydrogens is 312 g/mol. The Morgan fingerprint density at radius 3 is 3.00 bits per heavy atom. The summed E-state index contributed by atoms with van der Waals surface area (Å²) in [5.41, 5.74) is 5.38. The van der Waals surface area contributed by atoms with Gasteiger partial charge in [-0.1, -0.05) is 6.08 Å². The van der Waals surface area contributed by atoms with Crippen LogP contribution in [0.5, 0.6) is 5.75 Å². The molecule has 0 saturated carbocycles. The number of nitrogens with two attached hydrogens (primary N) is 1. The second-order valence-electron chi connectivity index (χ2n) is 5.66. The molecule has 0 aliphatic carbocycles. The minimum absolute atomic E-state index is 0.0404. The summed E-state index contributed by atoms with van der Waals surface area (Å²) in [5.74, 6) is -0.203. The minimum atomic E-state index is -0.617. The zero-order chi connectivity index (χ0) is 17.7. The molecule has 1 aromatic rings. The molecule has 0 aromatic heterocycles. The van der Waals surface area contributed by atoms with E-state index in [2.05, 4.69) is 16.8 Å². The molecule has 1 aromatic carbocycles. The van der Waals surface area contributed by atoms with Crippen LogP contribution in [0, 0.1) is 10.1 Å². The second-order valence-corrected chi connectivity index (χ2v) is 5.66. The lowest BCUT2D eigenvalue weighted by molar-refractivity contribution is -0.383. The lowest BCUT2D eigenvalue weighted by atomic mass is 10.1. The predicted molar refractivity (Wildman–Crippen MR) is 91.2 cm³/mol. The quantitative estimate of drug-likeness (QED) is 0.339. The van der Waals surface area contributed by atoms with E-state index in [1.165, 1.54) is 13.2 Å². The normalized spacial score (nSPS) is 17.5. The van der Waals surface area contributed by atoms with Crippen LogP contribution < -0.4 is 15.8 Å². The molecule has 1 heterocycles. The van der Waals surface area contributed by atoms with Crippen LogP contribution in [0.25, 0.3) is 0 Å². The summed E-state index contributed by atoms with van der Waals surface area (Å²) in [4.78, 5) is 25.1. The Bertz CT molecular complexity index is 647. The Morgan fingerprint density at radius 2 is 2.38 bits per heavy atom. The first kappa shape index (κ1) is 17.7. The number of nitro groups is 1. The highest BCUT2D eigenvalue weighted by atomic mass is 16.6. The molecule has 1 aliphatic rings. The van der Waals surface area contributed by atoms with Gasteiger partial charge in [-0.3, -0.25) is 19.8 Å². The van der Waals surface area contributed by atoms with Gasteiger partial charge in [-0.25, -0.2) is 0 Å². The molecule has 2 rings (SSSR count). The van der Waals surface area contributed by atoms with E-state index in [9.17, 15) is 14.9 Å².